The number of methoxy groups -OCH3 is 3. The molecule has 0 saturated heterocycles. The van der Waals surface area contributed by atoms with Crippen LogP contribution in [0, 0.1) is 6.92 Å². The summed E-state index contributed by atoms with van der Waals surface area (Å²) in [7, 11) is 4.46. The lowest BCUT2D eigenvalue weighted by Crippen LogP contribution is -2.15. The predicted molar refractivity (Wildman–Crippen MR) is 102 cm³/mol. The van der Waals surface area contributed by atoms with Gasteiger partial charge in [-0.05, 0) is 30.7 Å². The van der Waals surface area contributed by atoms with E-state index in [4.69, 9.17) is 14.2 Å². The molecule has 144 valence electrons. The molecule has 27 heavy (non-hydrogen) atoms. The van der Waals surface area contributed by atoms with E-state index in [1.54, 1.807) is 25.1 Å². The third-order valence-corrected chi connectivity index (χ3v) is 3.87. The maximum atomic E-state index is 12.7. The van der Waals surface area contributed by atoms with Crippen molar-refractivity contribution in [3.63, 3.8) is 0 Å². The lowest BCUT2D eigenvalue weighted by atomic mass is 10.1. The van der Waals surface area contributed by atoms with Crippen molar-refractivity contribution < 1.29 is 23.8 Å². The molecule has 0 saturated carbocycles. The van der Waals surface area contributed by atoms with E-state index in [0.29, 0.717) is 40.7 Å². The van der Waals surface area contributed by atoms with Crippen LogP contribution in [0.25, 0.3) is 0 Å². The molecule has 1 aromatic heterocycles. The average Bonchev–Trinajstić information content (AvgIpc) is 2.68. The highest BCUT2D eigenvalue weighted by molar-refractivity contribution is 6.05. The Bertz CT molecular complexity index is 826. The first-order chi connectivity index (χ1) is 12.9. The largest absolute Gasteiger partial charge is 0.493 e. The van der Waals surface area contributed by atoms with E-state index in [1.807, 2.05) is 6.92 Å². The molecule has 1 heterocycles. The Hall–Kier alpha value is -3.29. The molecule has 0 radical (unpaired) electrons. The van der Waals surface area contributed by atoms with Crippen LogP contribution in [0.5, 0.6) is 17.2 Å². The molecular formula is C19H23N3O5. The third-order valence-electron chi connectivity index (χ3n) is 3.87. The molecule has 1 aromatic carbocycles. The normalized spacial score (nSPS) is 10.1. The van der Waals surface area contributed by atoms with Crippen molar-refractivity contribution in [3.8, 4) is 17.2 Å². The lowest BCUT2D eigenvalue weighted by Gasteiger charge is -2.14. The summed E-state index contributed by atoms with van der Waals surface area (Å²) in [4.78, 5) is 28.3. The first-order valence-electron chi connectivity index (χ1n) is 8.31. The van der Waals surface area contributed by atoms with E-state index in [9.17, 15) is 9.59 Å². The molecule has 0 aliphatic heterocycles. The number of aryl methyl sites for hydroxylation is 1. The van der Waals surface area contributed by atoms with E-state index >= 15 is 0 Å². The van der Waals surface area contributed by atoms with Gasteiger partial charge in [-0.15, -0.1) is 0 Å². The van der Waals surface area contributed by atoms with Crippen LogP contribution in [-0.2, 0) is 4.79 Å². The minimum atomic E-state index is -0.357. The van der Waals surface area contributed by atoms with Gasteiger partial charge in [0.05, 0.1) is 33.2 Å². The van der Waals surface area contributed by atoms with Crippen LogP contribution in [0.4, 0.5) is 11.5 Å². The van der Waals surface area contributed by atoms with Crippen molar-refractivity contribution in [3.05, 3.63) is 35.5 Å². The van der Waals surface area contributed by atoms with Gasteiger partial charge in [0.2, 0.25) is 11.7 Å². The molecule has 0 spiro atoms. The van der Waals surface area contributed by atoms with Crippen LogP contribution in [-0.4, -0.2) is 38.1 Å². The highest BCUT2D eigenvalue weighted by Crippen LogP contribution is 2.38. The summed E-state index contributed by atoms with van der Waals surface area (Å²) in [6.45, 7) is 3.57. The molecule has 0 bridgehead atoms. The fourth-order valence-corrected chi connectivity index (χ4v) is 2.39. The second-order valence-corrected chi connectivity index (χ2v) is 5.65. The molecule has 2 rings (SSSR count). The number of ether oxygens (including phenoxy) is 3. The van der Waals surface area contributed by atoms with E-state index in [1.165, 1.54) is 27.5 Å². The Morgan fingerprint density at radius 3 is 2.11 bits per heavy atom. The molecule has 0 unspecified atom stereocenters. The molecule has 0 atom stereocenters. The summed E-state index contributed by atoms with van der Waals surface area (Å²) < 4.78 is 15.8. The van der Waals surface area contributed by atoms with Crippen LogP contribution >= 0.6 is 0 Å². The Morgan fingerprint density at radius 2 is 1.63 bits per heavy atom. The average molecular weight is 373 g/mol. The second-order valence-electron chi connectivity index (χ2n) is 5.65. The number of hydrogen-bond acceptors (Lipinski definition) is 6. The smallest absolute Gasteiger partial charge is 0.255 e. The number of nitrogens with one attached hydrogen (secondary N) is 2. The quantitative estimate of drug-likeness (QED) is 0.774. The van der Waals surface area contributed by atoms with Crippen LogP contribution < -0.4 is 24.8 Å². The molecule has 8 nitrogen and oxygen atoms in total. The maximum Gasteiger partial charge on any atom is 0.255 e. The van der Waals surface area contributed by atoms with Gasteiger partial charge in [0.25, 0.3) is 5.91 Å². The fraction of sp³-hybridized carbons (Fsp3) is 0.316. The second kappa shape index (κ2) is 8.88. The van der Waals surface area contributed by atoms with Gasteiger partial charge in [-0.2, -0.15) is 0 Å². The first kappa shape index (κ1) is 20.0. The van der Waals surface area contributed by atoms with Gasteiger partial charge < -0.3 is 24.8 Å². The first-order valence-corrected chi connectivity index (χ1v) is 8.31. The number of hydrogen-bond donors (Lipinski definition) is 2. The molecule has 2 aromatic rings. The van der Waals surface area contributed by atoms with Crippen molar-refractivity contribution >= 4 is 23.3 Å². The Balaban J connectivity index is 2.25. The Labute approximate surface area is 157 Å². The summed E-state index contributed by atoms with van der Waals surface area (Å²) in [6.07, 6.45) is 1.86. The monoisotopic (exact) mass is 373 g/mol. The molecular weight excluding hydrogens is 350 g/mol. The van der Waals surface area contributed by atoms with Crippen LogP contribution in [0.2, 0.25) is 0 Å². The maximum absolute atomic E-state index is 12.7. The van der Waals surface area contributed by atoms with E-state index in [2.05, 4.69) is 15.6 Å². The van der Waals surface area contributed by atoms with Gasteiger partial charge >= 0.3 is 0 Å². The summed E-state index contributed by atoms with van der Waals surface area (Å²) in [5.74, 6) is 1.13. The number of amides is 2. The van der Waals surface area contributed by atoms with Crippen molar-refractivity contribution in [2.75, 3.05) is 32.0 Å². The predicted octanol–water partition coefficient (Wildman–Crippen LogP) is 3.02. The number of nitrogens with zero attached hydrogens (tertiary/aromatic N) is 1. The van der Waals surface area contributed by atoms with Crippen LogP contribution in [0.3, 0.4) is 0 Å². The van der Waals surface area contributed by atoms with Crippen molar-refractivity contribution in [2.24, 2.45) is 0 Å². The number of anilines is 2. The Morgan fingerprint density at radius 1 is 1.00 bits per heavy atom. The van der Waals surface area contributed by atoms with Gasteiger partial charge in [-0.25, -0.2) is 4.98 Å². The third kappa shape index (κ3) is 4.66. The molecule has 0 fully saturated rings. The Kier molecular flexibility index (Phi) is 6.59. The van der Waals surface area contributed by atoms with Crippen molar-refractivity contribution in [1.29, 1.82) is 0 Å². The minimum absolute atomic E-state index is 0.129. The van der Waals surface area contributed by atoms with E-state index in [0.717, 1.165) is 5.56 Å². The molecule has 2 amide bonds. The SMILES string of the molecule is CCC(=O)Nc1cc(C)c(NC(=O)c2cc(OC)c(OC)c(OC)c2)cn1. The van der Waals surface area contributed by atoms with Crippen molar-refractivity contribution in [2.45, 2.75) is 20.3 Å². The van der Waals surface area contributed by atoms with Crippen molar-refractivity contribution in [1.82, 2.24) is 4.98 Å². The van der Waals surface area contributed by atoms with E-state index < -0.39 is 0 Å². The highest BCUT2D eigenvalue weighted by atomic mass is 16.5. The topological polar surface area (TPSA) is 98.8 Å². The molecule has 8 heteroatoms. The number of carbonyl (C=O) groups is 2. The highest BCUT2D eigenvalue weighted by Gasteiger charge is 2.17. The summed E-state index contributed by atoms with van der Waals surface area (Å²) in [5.41, 5.74) is 1.63. The van der Waals surface area contributed by atoms with Gasteiger partial charge in [0, 0.05) is 12.0 Å². The zero-order chi connectivity index (χ0) is 20.0. The van der Waals surface area contributed by atoms with Gasteiger partial charge in [-0.3, -0.25) is 9.59 Å². The summed E-state index contributed by atoms with van der Waals surface area (Å²) in [5, 5.41) is 5.47. The number of carbonyl (C=O) groups excluding carboxylic acids is 2. The molecule has 2 N–H and O–H groups in total. The van der Waals surface area contributed by atoms with Crippen LogP contribution in [0.15, 0.2) is 24.4 Å². The lowest BCUT2D eigenvalue weighted by molar-refractivity contribution is -0.115. The molecule has 0 aliphatic rings. The fourth-order valence-electron chi connectivity index (χ4n) is 2.39. The zero-order valence-corrected chi connectivity index (χ0v) is 16.0. The zero-order valence-electron chi connectivity index (χ0n) is 16.0. The number of pyridine rings is 1. The van der Waals surface area contributed by atoms with Gasteiger partial charge in [0.1, 0.15) is 5.82 Å². The number of benzene rings is 1. The van der Waals surface area contributed by atoms with Gasteiger partial charge in [0.15, 0.2) is 11.5 Å². The van der Waals surface area contributed by atoms with E-state index in [-0.39, 0.29) is 11.8 Å². The van der Waals surface area contributed by atoms with Gasteiger partial charge in [-0.1, -0.05) is 6.92 Å². The standard InChI is InChI=1S/C19H23N3O5/c1-6-17(23)22-16-7-11(2)13(10-20-16)21-19(24)12-8-14(25-3)18(27-5)15(9-12)26-4/h7-10H,6H2,1-5H3,(H,21,24)(H,20,22,23). The summed E-state index contributed by atoms with van der Waals surface area (Å²) in [6, 6.07) is 4.82. The number of rotatable bonds is 7. The summed E-state index contributed by atoms with van der Waals surface area (Å²) >= 11 is 0. The number of aromatic nitrogens is 1. The minimum Gasteiger partial charge on any atom is -0.493 e. The molecule has 0 aliphatic carbocycles. The van der Waals surface area contributed by atoms with Crippen LogP contribution in [0.1, 0.15) is 29.3 Å².